The number of aromatic nitrogens is 2. The molecular weight excluding hydrogens is 374 g/mol. The first-order valence-electron chi connectivity index (χ1n) is 7.67. The molecule has 1 aliphatic heterocycles. The van der Waals surface area contributed by atoms with Crippen LogP contribution in [0.15, 0.2) is 41.6 Å². The van der Waals surface area contributed by atoms with Crippen molar-refractivity contribution < 1.29 is 17.2 Å². The molecule has 1 atom stereocenters. The van der Waals surface area contributed by atoms with E-state index in [0.717, 1.165) is 17.1 Å². The highest BCUT2D eigenvalue weighted by molar-refractivity contribution is 7.89. The van der Waals surface area contributed by atoms with E-state index >= 15 is 0 Å². The van der Waals surface area contributed by atoms with Crippen LogP contribution in [-0.4, -0.2) is 48.6 Å². The van der Waals surface area contributed by atoms with Gasteiger partial charge in [0.2, 0.25) is 10.0 Å². The Balaban J connectivity index is 1.94. The molecule has 1 aromatic heterocycles. The zero-order chi connectivity index (χ0) is 18.0. The minimum Gasteiger partial charge on any atom is -0.313 e. The smallest absolute Gasteiger partial charge is 0.257 e. The SMILES string of the molecule is O=S(=O)(c1cnn(CC(F)F)c1)N1CCNCC1c1ccccc1Cl. The van der Waals surface area contributed by atoms with Crippen molar-refractivity contribution in [3.63, 3.8) is 0 Å². The summed E-state index contributed by atoms with van der Waals surface area (Å²) in [4.78, 5) is -0.105. The van der Waals surface area contributed by atoms with E-state index in [-0.39, 0.29) is 11.4 Å². The molecule has 0 radical (unpaired) electrons. The molecule has 1 aliphatic rings. The van der Waals surface area contributed by atoms with Gasteiger partial charge in [-0.1, -0.05) is 29.8 Å². The molecule has 1 N–H and O–H groups in total. The second kappa shape index (κ2) is 7.36. The molecule has 0 bridgehead atoms. The summed E-state index contributed by atoms with van der Waals surface area (Å²) in [6.07, 6.45) is -0.373. The van der Waals surface area contributed by atoms with Gasteiger partial charge in [0.1, 0.15) is 11.4 Å². The molecule has 6 nitrogen and oxygen atoms in total. The molecule has 10 heteroatoms. The van der Waals surface area contributed by atoms with Crippen molar-refractivity contribution in [1.29, 1.82) is 0 Å². The average Bonchev–Trinajstić information content (AvgIpc) is 3.04. The molecule has 1 aromatic carbocycles. The molecule has 1 unspecified atom stereocenters. The van der Waals surface area contributed by atoms with Crippen LogP contribution < -0.4 is 5.32 Å². The topological polar surface area (TPSA) is 67.2 Å². The fraction of sp³-hybridized carbons (Fsp3) is 0.400. The maximum absolute atomic E-state index is 13.0. The van der Waals surface area contributed by atoms with Crippen LogP contribution in [-0.2, 0) is 16.6 Å². The third-order valence-corrected chi connectivity index (χ3v) is 6.20. The van der Waals surface area contributed by atoms with Crippen LogP contribution in [0.3, 0.4) is 0 Å². The third-order valence-electron chi connectivity index (χ3n) is 4.00. The maximum atomic E-state index is 13.0. The lowest BCUT2D eigenvalue weighted by atomic mass is 10.1. The summed E-state index contributed by atoms with van der Waals surface area (Å²) in [7, 11) is -3.88. The number of hydrogen-bond donors (Lipinski definition) is 1. The zero-order valence-corrected chi connectivity index (χ0v) is 14.7. The molecule has 3 rings (SSSR count). The summed E-state index contributed by atoms with van der Waals surface area (Å²) in [6, 6.07) is 6.57. The van der Waals surface area contributed by atoms with Gasteiger partial charge < -0.3 is 5.32 Å². The number of rotatable bonds is 5. The lowest BCUT2D eigenvalue weighted by Crippen LogP contribution is -2.48. The number of alkyl halides is 2. The highest BCUT2D eigenvalue weighted by Crippen LogP contribution is 2.32. The van der Waals surface area contributed by atoms with Crippen molar-refractivity contribution in [3.8, 4) is 0 Å². The summed E-state index contributed by atoms with van der Waals surface area (Å²) in [5.41, 5.74) is 0.694. The Labute approximate surface area is 149 Å². The van der Waals surface area contributed by atoms with Crippen molar-refractivity contribution in [2.75, 3.05) is 19.6 Å². The minimum absolute atomic E-state index is 0.105. The first-order valence-corrected chi connectivity index (χ1v) is 9.49. The normalized spacial score (nSPS) is 19.4. The summed E-state index contributed by atoms with van der Waals surface area (Å²) in [6.45, 7) is 0.503. The number of nitrogens with zero attached hydrogens (tertiary/aromatic N) is 3. The third kappa shape index (κ3) is 3.84. The molecular formula is C15H17ClF2N4O2S. The van der Waals surface area contributed by atoms with Crippen LogP contribution >= 0.6 is 11.6 Å². The second-order valence-electron chi connectivity index (χ2n) is 5.65. The molecule has 0 amide bonds. The average molecular weight is 391 g/mol. The summed E-state index contributed by atoms with van der Waals surface area (Å²) in [5.74, 6) is 0. The molecule has 2 aromatic rings. The van der Waals surface area contributed by atoms with Crippen molar-refractivity contribution in [2.45, 2.75) is 23.9 Å². The molecule has 2 heterocycles. The Morgan fingerprint density at radius 3 is 2.84 bits per heavy atom. The van der Waals surface area contributed by atoms with Gasteiger partial charge in [0.25, 0.3) is 6.43 Å². The highest BCUT2D eigenvalue weighted by atomic mass is 35.5. The van der Waals surface area contributed by atoms with Gasteiger partial charge in [0.05, 0.1) is 12.2 Å². The monoisotopic (exact) mass is 390 g/mol. The number of benzene rings is 1. The Kier molecular flexibility index (Phi) is 5.38. The van der Waals surface area contributed by atoms with E-state index in [1.165, 1.54) is 4.31 Å². The van der Waals surface area contributed by atoms with E-state index in [1.54, 1.807) is 24.3 Å². The van der Waals surface area contributed by atoms with Gasteiger partial charge in [-0.15, -0.1) is 0 Å². The fourth-order valence-electron chi connectivity index (χ4n) is 2.84. The molecule has 0 saturated carbocycles. The molecule has 1 fully saturated rings. The Bertz CT molecular complexity index is 844. The predicted octanol–water partition coefficient (Wildman–Crippen LogP) is 2.14. The van der Waals surface area contributed by atoms with Gasteiger partial charge in [-0.05, 0) is 11.6 Å². The van der Waals surface area contributed by atoms with Crippen molar-refractivity contribution in [2.24, 2.45) is 0 Å². The molecule has 25 heavy (non-hydrogen) atoms. The Hall–Kier alpha value is -1.55. The van der Waals surface area contributed by atoms with Gasteiger partial charge in [0, 0.05) is 30.9 Å². The number of nitrogens with one attached hydrogen (secondary N) is 1. The summed E-state index contributed by atoms with van der Waals surface area (Å²) >= 11 is 6.23. The summed E-state index contributed by atoms with van der Waals surface area (Å²) < 4.78 is 53.2. The van der Waals surface area contributed by atoms with Crippen molar-refractivity contribution >= 4 is 21.6 Å². The van der Waals surface area contributed by atoms with Gasteiger partial charge in [0.15, 0.2) is 0 Å². The van der Waals surface area contributed by atoms with E-state index in [1.807, 2.05) is 0 Å². The number of halogens is 3. The van der Waals surface area contributed by atoms with E-state index in [2.05, 4.69) is 10.4 Å². The Morgan fingerprint density at radius 1 is 1.36 bits per heavy atom. The van der Waals surface area contributed by atoms with Crippen LogP contribution in [0, 0.1) is 0 Å². The quantitative estimate of drug-likeness (QED) is 0.849. The Morgan fingerprint density at radius 2 is 2.12 bits per heavy atom. The highest BCUT2D eigenvalue weighted by Gasteiger charge is 2.36. The molecule has 0 aliphatic carbocycles. The standard InChI is InChI=1S/C15H17ClF2N4O2S/c16-13-4-2-1-3-12(13)14-8-19-5-6-22(14)25(23,24)11-7-20-21(9-11)10-15(17)18/h1-4,7,9,14-15,19H,5-6,8,10H2. The van der Waals surface area contributed by atoms with Gasteiger partial charge in [-0.25, -0.2) is 17.2 Å². The largest absolute Gasteiger partial charge is 0.313 e. The van der Waals surface area contributed by atoms with Crippen LogP contribution in [0.2, 0.25) is 5.02 Å². The number of sulfonamides is 1. The minimum atomic E-state index is -3.88. The predicted molar refractivity (Wildman–Crippen MR) is 89.2 cm³/mol. The van der Waals surface area contributed by atoms with Gasteiger partial charge in [-0.3, -0.25) is 4.68 Å². The first-order chi connectivity index (χ1) is 11.9. The number of piperazine rings is 1. The van der Waals surface area contributed by atoms with Crippen LogP contribution in [0.1, 0.15) is 11.6 Å². The molecule has 136 valence electrons. The lowest BCUT2D eigenvalue weighted by molar-refractivity contribution is 0.121. The van der Waals surface area contributed by atoms with Crippen LogP contribution in [0.5, 0.6) is 0 Å². The van der Waals surface area contributed by atoms with E-state index in [9.17, 15) is 17.2 Å². The van der Waals surface area contributed by atoms with Crippen molar-refractivity contribution in [1.82, 2.24) is 19.4 Å². The van der Waals surface area contributed by atoms with Crippen molar-refractivity contribution in [3.05, 3.63) is 47.2 Å². The van der Waals surface area contributed by atoms with Gasteiger partial charge >= 0.3 is 0 Å². The second-order valence-corrected chi connectivity index (χ2v) is 7.94. The van der Waals surface area contributed by atoms with E-state index in [0.29, 0.717) is 23.7 Å². The zero-order valence-electron chi connectivity index (χ0n) is 13.1. The molecule has 1 saturated heterocycles. The fourth-order valence-corrected chi connectivity index (χ4v) is 4.66. The summed E-state index contributed by atoms with van der Waals surface area (Å²) in [5, 5.41) is 7.36. The van der Waals surface area contributed by atoms with Crippen LogP contribution in [0.4, 0.5) is 8.78 Å². The van der Waals surface area contributed by atoms with E-state index < -0.39 is 29.0 Å². The first kappa shape index (κ1) is 18.2. The van der Waals surface area contributed by atoms with Crippen LogP contribution in [0.25, 0.3) is 0 Å². The van der Waals surface area contributed by atoms with E-state index in [4.69, 9.17) is 11.6 Å². The maximum Gasteiger partial charge on any atom is 0.257 e. The lowest BCUT2D eigenvalue weighted by Gasteiger charge is -2.35. The van der Waals surface area contributed by atoms with Gasteiger partial charge in [-0.2, -0.15) is 9.40 Å². The molecule has 0 spiro atoms. The number of hydrogen-bond acceptors (Lipinski definition) is 4.